The third-order valence-electron chi connectivity index (χ3n) is 5.77. The van der Waals surface area contributed by atoms with Gasteiger partial charge in [0.25, 0.3) is 0 Å². The van der Waals surface area contributed by atoms with Crippen molar-refractivity contribution < 1.29 is 14.3 Å². The van der Waals surface area contributed by atoms with Gasteiger partial charge < -0.3 is 9.47 Å². The molecule has 0 bridgehead atoms. The Morgan fingerprint density at radius 1 is 1.07 bits per heavy atom. The first kappa shape index (κ1) is 21.4. The maximum absolute atomic E-state index is 12.6. The van der Waals surface area contributed by atoms with Crippen molar-refractivity contribution in [3.8, 4) is 5.75 Å². The van der Waals surface area contributed by atoms with Crippen LogP contribution in [0.3, 0.4) is 0 Å². The van der Waals surface area contributed by atoms with E-state index in [0.29, 0.717) is 6.61 Å². The second-order valence-corrected chi connectivity index (χ2v) is 8.24. The molecule has 0 fully saturated rings. The molecule has 0 radical (unpaired) electrons. The molecule has 2 aromatic rings. The number of fused-ring (bicyclic) bond motifs is 1. The summed E-state index contributed by atoms with van der Waals surface area (Å²) >= 11 is 0. The minimum Gasteiger partial charge on any atom is -0.489 e. The van der Waals surface area contributed by atoms with Crippen molar-refractivity contribution in [1.29, 1.82) is 0 Å². The van der Waals surface area contributed by atoms with Crippen LogP contribution in [0, 0.1) is 5.92 Å². The van der Waals surface area contributed by atoms with E-state index in [4.69, 9.17) is 9.47 Å². The Bertz CT molecular complexity index is 769. The standard InChI is InChI=1S/C26H34O3/c1-3-4-5-7-10-20(2)29-26(27)24-14-13-23-18-25(16-15-22(23)17-24)28-19-21-11-8-6-9-12-21/h6,8-9,11-12,15-16,18,20,24H,3-5,7,10,13-14,17,19H2,1-2H3/t20-,24?/m1/s1. The quantitative estimate of drug-likeness (QED) is 0.352. The molecule has 1 unspecified atom stereocenters. The fourth-order valence-electron chi connectivity index (χ4n) is 3.98. The molecule has 1 aliphatic carbocycles. The van der Waals surface area contributed by atoms with Crippen molar-refractivity contribution in [2.24, 2.45) is 5.92 Å². The van der Waals surface area contributed by atoms with E-state index in [1.807, 2.05) is 31.2 Å². The van der Waals surface area contributed by atoms with Gasteiger partial charge in [-0.1, -0.05) is 62.6 Å². The molecule has 156 valence electrons. The van der Waals surface area contributed by atoms with Gasteiger partial charge in [-0.25, -0.2) is 0 Å². The molecule has 0 spiro atoms. The number of benzene rings is 2. The highest BCUT2D eigenvalue weighted by atomic mass is 16.5. The van der Waals surface area contributed by atoms with Crippen molar-refractivity contribution in [3.63, 3.8) is 0 Å². The fraction of sp³-hybridized carbons (Fsp3) is 0.500. The summed E-state index contributed by atoms with van der Waals surface area (Å²) in [5, 5.41) is 0. The van der Waals surface area contributed by atoms with Gasteiger partial charge in [-0.2, -0.15) is 0 Å². The van der Waals surface area contributed by atoms with Crippen molar-refractivity contribution in [3.05, 3.63) is 65.2 Å². The molecule has 0 amide bonds. The molecule has 29 heavy (non-hydrogen) atoms. The molecule has 2 aromatic carbocycles. The lowest BCUT2D eigenvalue weighted by Crippen LogP contribution is -2.27. The van der Waals surface area contributed by atoms with E-state index in [1.54, 1.807) is 0 Å². The second-order valence-electron chi connectivity index (χ2n) is 8.24. The highest BCUT2D eigenvalue weighted by Gasteiger charge is 2.27. The summed E-state index contributed by atoms with van der Waals surface area (Å²) in [4.78, 5) is 12.6. The topological polar surface area (TPSA) is 35.5 Å². The van der Waals surface area contributed by atoms with Gasteiger partial charge in [0.15, 0.2) is 0 Å². The number of rotatable bonds is 10. The van der Waals surface area contributed by atoms with Gasteiger partial charge in [0.2, 0.25) is 0 Å². The minimum absolute atomic E-state index is 0.0170. The van der Waals surface area contributed by atoms with E-state index in [-0.39, 0.29) is 18.0 Å². The summed E-state index contributed by atoms with van der Waals surface area (Å²) in [6.07, 6.45) is 8.39. The van der Waals surface area contributed by atoms with Crippen molar-refractivity contribution >= 4 is 5.97 Å². The van der Waals surface area contributed by atoms with Crippen LogP contribution < -0.4 is 4.74 Å². The first-order valence-corrected chi connectivity index (χ1v) is 11.1. The summed E-state index contributed by atoms with van der Waals surface area (Å²) < 4.78 is 11.7. The predicted octanol–water partition coefficient (Wildman–Crippen LogP) is 6.27. The third kappa shape index (κ3) is 6.62. The molecule has 0 aliphatic heterocycles. The van der Waals surface area contributed by atoms with E-state index < -0.39 is 0 Å². The molecule has 1 aliphatic rings. The Morgan fingerprint density at radius 2 is 1.90 bits per heavy atom. The molecule has 0 aromatic heterocycles. The van der Waals surface area contributed by atoms with Crippen LogP contribution in [-0.4, -0.2) is 12.1 Å². The maximum Gasteiger partial charge on any atom is 0.309 e. The number of hydrogen-bond acceptors (Lipinski definition) is 3. The first-order chi connectivity index (χ1) is 14.2. The van der Waals surface area contributed by atoms with Crippen molar-refractivity contribution in [2.75, 3.05) is 0 Å². The van der Waals surface area contributed by atoms with Crippen molar-refractivity contribution in [1.82, 2.24) is 0 Å². The van der Waals surface area contributed by atoms with Gasteiger partial charge in [0.1, 0.15) is 12.4 Å². The molecule has 0 N–H and O–H groups in total. The van der Waals surface area contributed by atoms with Crippen LogP contribution in [0.5, 0.6) is 5.75 Å². The molecule has 3 rings (SSSR count). The SMILES string of the molecule is CCCCCC[C@@H](C)OC(=O)C1CCc2cc(OCc3ccccc3)ccc2C1. The molecular weight excluding hydrogens is 360 g/mol. The lowest BCUT2D eigenvalue weighted by atomic mass is 9.84. The molecule has 0 heterocycles. The Balaban J connectivity index is 1.48. The summed E-state index contributed by atoms with van der Waals surface area (Å²) in [7, 11) is 0. The highest BCUT2D eigenvalue weighted by molar-refractivity contribution is 5.73. The van der Waals surface area contributed by atoms with Gasteiger partial charge in [-0.15, -0.1) is 0 Å². The van der Waals surface area contributed by atoms with E-state index in [1.165, 1.54) is 30.4 Å². The summed E-state index contributed by atoms with van der Waals surface area (Å²) in [5.74, 6) is 0.856. The van der Waals surface area contributed by atoms with Gasteiger partial charge in [-0.3, -0.25) is 4.79 Å². The number of carbonyl (C=O) groups excluding carboxylic acids is 1. The highest BCUT2D eigenvalue weighted by Crippen LogP contribution is 2.30. The third-order valence-corrected chi connectivity index (χ3v) is 5.77. The van der Waals surface area contributed by atoms with Gasteiger partial charge in [0.05, 0.1) is 12.0 Å². The van der Waals surface area contributed by atoms with Crippen LogP contribution in [0.2, 0.25) is 0 Å². The van der Waals surface area contributed by atoms with Gasteiger partial charge in [-0.05, 0) is 67.9 Å². The van der Waals surface area contributed by atoms with E-state index in [2.05, 4.69) is 31.2 Å². The number of ether oxygens (including phenoxy) is 2. The largest absolute Gasteiger partial charge is 0.489 e. The zero-order valence-corrected chi connectivity index (χ0v) is 17.9. The Hall–Kier alpha value is -2.29. The monoisotopic (exact) mass is 394 g/mol. The zero-order valence-electron chi connectivity index (χ0n) is 17.9. The average molecular weight is 395 g/mol. The molecule has 3 nitrogen and oxygen atoms in total. The van der Waals surface area contributed by atoms with Crippen LogP contribution in [-0.2, 0) is 29.0 Å². The Kier molecular flexibility index (Phi) is 8.15. The predicted molar refractivity (Wildman–Crippen MR) is 117 cm³/mol. The van der Waals surface area contributed by atoms with Crippen LogP contribution in [0.15, 0.2) is 48.5 Å². The summed E-state index contributed by atoms with van der Waals surface area (Å²) in [5.41, 5.74) is 3.71. The van der Waals surface area contributed by atoms with Crippen LogP contribution >= 0.6 is 0 Å². The lowest BCUT2D eigenvalue weighted by molar-refractivity contribution is -0.154. The molecule has 2 atom stereocenters. The normalized spacial score (nSPS) is 16.7. The number of unbranched alkanes of at least 4 members (excludes halogenated alkanes) is 3. The average Bonchev–Trinajstić information content (AvgIpc) is 2.75. The maximum atomic E-state index is 12.6. The zero-order chi connectivity index (χ0) is 20.5. The number of carbonyl (C=O) groups is 1. The summed E-state index contributed by atoms with van der Waals surface area (Å²) in [6.45, 7) is 4.81. The summed E-state index contributed by atoms with van der Waals surface area (Å²) in [6, 6.07) is 16.5. The van der Waals surface area contributed by atoms with Crippen LogP contribution in [0.25, 0.3) is 0 Å². The van der Waals surface area contributed by atoms with E-state index >= 15 is 0 Å². The van der Waals surface area contributed by atoms with E-state index in [0.717, 1.165) is 43.4 Å². The Morgan fingerprint density at radius 3 is 2.69 bits per heavy atom. The molecule has 0 saturated carbocycles. The van der Waals surface area contributed by atoms with Crippen LogP contribution in [0.4, 0.5) is 0 Å². The van der Waals surface area contributed by atoms with E-state index in [9.17, 15) is 4.79 Å². The molecule has 0 saturated heterocycles. The molecular formula is C26H34O3. The van der Waals surface area contributed by atoms with Gasteiger partial charge in [0, 0.05) is 0 Å². The van der Waals surface area contributed by atoms with Crippen LogP contribution in [0.1, 0.15) is 69.1 Å². The number of aryl methyl sites for hydroxylation is 1. The smallest absolute Gasteiger partial charge is 0.309 e. The Labute approximate surface area is 175 Å². The number of esters is 1. The minimum atomic E-state index is -0.0250. The lowest BCUT2D eigenvalue weighted by Gasteiger charge is -2.25. The van der Waals surface area contributed by atoms with Crippen molar-refractivity contribution in [2.45, 2.75) is 77.9 Å². The van der Waals surface area contributed by atoms with Gasteiger partial charge >= 0.3 is 5.97 Å². The fourth-order valence-corrected chi connectivity index (χ4v) is 3.98. The first-order valence-electron chi connectivity index (χ1n) is 11.1. The number of hydrogen-bond donors (Lipinski definition) is 0. The molecule has 3 heteroatoms. The second kappa shape index (κ2) is 11.0.